The zero-order valence-corrected chi connectivity index (χ0v) is 17.4. The highest BCUT2D eigenvalue weighted by atomic mass is 35.5. The molecule has 3 aromatic carbocycles. The third-order valence-corrected chi connectivity index (χ3v) is 6.44. The molecule has 0 spiro atoms. The van der Waals surface area contributed by atoms with E-state index < -0.39 is 22.4 Å². The number of carbonyl (C=O) groups is 3. The van der Waals surface area contributed by atoms with E-state index in [1.54, 1.807) is 36.4 Å². The molecule has 1 atom stereocenters. The van der Waals surface area contributed by atoms with Gasteiger partial charge in [-0.3, -0.25) is 14.4 Å². The van der Waals surface area contributed by atoms with Gasteiger partial charge in [0.05, 0.1) is 0 Å². The zero-order chi connectivity index (χ0) is 21.3. The summed E-state index contributed by atoms with van der Waals surface area (Å²) in [6.45, 7) is 2.05. The maximum Gasteiger partial charge on any atom is 0.193 e. The molecule has 4 rings (SSSR count). The summed E-state index contributed by atoms with van der Waals surface area (Å²) in [5, 5.41) is 0. The molecule has 1 unspecified atom stereocenters. The van der Waals surface area contributed by atoms with E-state index in [4.69, 9.17) is 11.6 Å². The topological polar surface area (TPSA) is 51.2 Å². The second-order valence-electron chi connectivity index (χ2n) is 7.56. The van der Waals surface area contributed by atoms with Crippen LogP contribution in [0.2, 0.25) is 0 Å². The van der Waals surface area contributed by atoms with Crippen LogP contribution in [-0.4, -0.2) is 22.2 Å². The van der Waals surface area contributed by atoms with Gasteiger partial charge in [0.25, 0.3) is 0 Å². The lowest BCUT2D eigenvalue weighted by molar-refractivity contribution is 0.0829. The quantitative estimate of drug-likeness (QED) is 0.296. The molecule has 0 N–H and O–H groups in total. The van der Waals surface area contributed by atoms with E-state index in [0.29, 0.717) is 22.3 Å². The fraction of sp³-hybridized carbons (Fsp3) is 0.192. The Bertz CT molecular complexity index is 1080. The Kier molecular flexibility index (Phi) is 5.40. The summed E-state index contributed by atoms with van der Waals surface area (Å²) in [6, 6.07) is 23.2. The van der Waals surface area contributed by atoms with Crippen molar-refractivity contribution in [3.63, 3.8) is 0 Å². The van der Waals surface area contributed by atoms with Gasteiger partial charge in [-0.25, -0.2) is 0 Å². The lowest BCUT2D eigenvalue weighted by Gasteiger charge is -2.29. The fourth-order valence-corrected chi connectivity index (χ4v) is 4.50. The monoisotopic (exact) mass is 416 g/mol. The molecule has 0 bridgehead atoms. The van der Waals surface area contributed by atoms with Crippen molar-refractivity contribution in [1.82, 2.24) is 0 Å². The van der Waals surface area contributed by atoms with Gasteiger partial charge in [-0.1, -0.05) is 85.8 Å². The van der Waals surface area contributed by atoms with Crippen molar-refractivity contribution in [1.29, 1.82) is 0 Å². The Morgan fingerprint density at radius 1 is 0.833 bits per heavy atom. The first-order valence-corrected chi connectivity index (χ1v) is 10.4. The molecule has 4 heteroatoms. The molecule has 30 heavy (non-hydrogen) atoms. The smallest absolute Gasteiger partial charge is 0.193 e. The van der Waals surface area contributed by atoms with Crippen LogP contribution >= 0.6 is 11.6 Å². The minimum Gasteiger partial charge on any atom is -0.294 e. The lowest BCUT2D eigenvalue weighted by Crippen LogP contribution is -2.42. The Labute approximate surface area is 180 Å². The number of carbonyl (C=O) groups excluding carboxylic acids is 3. The molecule has 0 aliphatic heterocycles. The van der Waals surface area contributed by atoms with Crippen molar-refractivity contribution in [2.24, 2.45) is 0 Å². The third kappa shape index (κ3) is 3.29. The van der Waals surface area contributed by atoms with E-state index in [9.17, 15) is 14.4 Å². The van der Waals surface area contributed by atoms with Gasteiger partial charge < -0.3 is 0 Å². The first-order valence-electron chi connectivity index (χ1n) is 10.0. The first kappa shape index (κ1) is 20.2. The number of hydrogen-bond acceptors (Lipinski definition) is 3. The Morgan fingerprint density at radius 3 is 1.90 bits per heavy atom. The summed E-state index contributed by atoms with van der Waals surface area (Å²) < 4.78 is 0. The van der Waals surface area contributed by atoms with E-state index in [0.717, 1.165) is 12.0 Å². The molecule has 0 heterocycles. The maximum absolute atomic E-state index is 13.3. The summed E-state index contributed by atoms with van der Waals surface area (Å²) in [7, 11) is 0. The van der Waals surface area contributed by atoms with E-state index in [-0.39, 0.29) is 12.2 Å². The number of fused-ring (bicyclic) bond motifs is 1. The second-order valence-corrected chi connectivity index (χ2v) is 8.15. The molecule has 0 aromatic heterocycles. The number of Topliss-reactive ketones (excluding diaryl/α,β-unsaturated/α-hetero) is 3. The molecule has 0 radical (unpaired) electrons. The number of alkyl halides is 1. The van der Waals surface area contributed by atoms with Gasteiger partial charge in [-0.2, -0.15) is 0 Å². The van der Waals surface area contributed by atoms with E-state index >= 15 is 0 Å². The van der Waals surface area contributed by atoms with Gasteiger partial charge in [-0.15, -0.1) is 11.6 Å². The molecule has 0 fully saturated rings. The number of aryl methyl sites for hydroxylation is 1. The predicted molar refractivity (Wildman–Crippen MR) is 118 cm³/mol. The normalized spacial score (nSPS) is 15.7. The van der Waals surface area contributed by atoms with Gasteiger partial charge in [0.1, 0.15) is 0 Å². The van der Waals surface area contributed by atoms with Crippen molar-refractivity contribution in [3.8, 4) is 0 Å². The fourth-order valence-electron chi connectivity index (χ4n) is 4.09. The number of hydrogen-bond donors (Lipinski definition) is 0. The van der Waals surface area contributed by atoms with E-state index in [1.165, 1.54) is 0 Å². The highest BCUT2D eigenvalue weighted by molar-refractivity contribution is 6.56. The van der Waals surface area contributed by atoms with Crippen LogP contribution < -0.4 is 0 Å². The predicted octanol–water partition coefficient (Wildman–Crippen LogP) is 5.66. The van der Waals surface area contributed by atoms with Crippen LogP contribution in [0.3, 0.4) is 0 Å². The van der Waals surface area contributed by atoms with E-state index in [2.05, 4.69) is 6.92 Å². The van der Waals surface area contributed by atoms with Crippen LogP contribution in [0.1, 0.15) is 61.5 Å². The Balaban J connectivity index is 1.75. The summed E-state index contributed by atoms with van der Waals surface area (Å²) >= 11 is 6.87. The van der Waals surface area contributed by atoms with E-state index in [1.807, 2.05) is 42.5 Å². The number of rotatable bonds is 6. The summed E-state index contributed by atoms with van der Waals surface area (Å²) in [5.74, 6) is -1.80. The van der Waals surface area contributed by atoms with Gasteiger partial charge >= 0.3 is 0 Å². The van der Waals surface area contributed by atoms with Crippen molar-refractivity contribution in [2.75, 3.05) is 0 Å². The highest BCUT2D eigenvalue weighted by Gasteiger charge is 2.57. The maximum atomic E-state index is 13.3. The molecule has 1 aliphatic carbocycles. The number of ketones is 3. The van der Waals surface area contributed by atoms with Crippen LogP contribution in [0.4, 0.5) is 0 Å². The van der Waals surface area contributed by atoms with Gasteiger partial charge in [0.2, 0.25) is 0 Å². The summed E-state index contributed by atoms with van der Waals surface area (Å²) in [6.07, 6.45) is 0.845. The highest BCUT2D eigenvalue weighted by Crippen LogP contribution is 2.46. The average molecular weight is 417 g/mol. The Morgan fingerprint density at radius 2 is 1.37 bits per heavy atom. The largest absolute Gasteiger partial charge is 0.294 e. The molecule has 3 aromatic rings. The van der Waals surface area contributed by atoms with Gasteiger partial charge in [-0.05, 0) is 17.5 Å². The zero-order valence-electron chi connectivity index (χ0n) is 16.6. The standard InChI is InChI=1S/C26H21ClO3/c1-2-17-12-14-19(15-13-17)23(28)16-22(18-8-4-3-5-9-18)26(27)24(29)20-10-6-7-11-21(20)25(26)30/h3-15,22H,2,16H2,1H3. The van der Waals surface area contributed by atoms with Crippen LogP contribution in [-0.2, 0) is 6.42 Å². The summed E-state index contributed by atoms with van der Waals surface area (Å²) in [5.41, 5.74) is 3.01. The van der Waals surface area contributed by atoms with Crippen molar-refractivity contribution in [2.45, 2.75) is 30.6 Å². The number of benzene rings is 3. The van der Waals surface area contributed by atoms with Crippen molar-refractivity contribution in [3.05, 3.63) is 107 Å². The second kappa shape index (κ2) is 8.00. The van der Waals surface area contributed by atoms with Crippen molar-refractivity contribution < 1.29 is 14.4 Å². The molecule has 150 valence electrons. The molecule has 1 aliphatic rings. The van der Waals surface area contributed by atoms with Gasteiger partial charge in [0.15, 0.2) is 22.2 Å². The SMILES string of the molecule is CCc1ccc(C(=O)CC(c2ccccc2)C2(Cl)C(=O)c3ccccc3C2=O)cc1. The van der Waals surface area contributed by atoms with Gasteiger partial charge in [0, 0.05) is 29.0 Å². The first-order chi connectivity index (χ1) is 14.5. The minimum atomic E-state index is -1.83. The van der Waals surface area contributed by atoms with Crippen LogP contribution in [0, 0.1) is 0 Å². The molecule has 0 saturated carbocycles. The van der Waals surface area contributed by atoms with Crippen molar-refractivity contribution >= 4 is 29.0 Å². The number of halogens is 1. The average Bonchev–Trinajstić information content (AvgIpc) is 3.00. The molecule has 0 amide bonds. The summed E-state index contributed by atoms with van der Waals surface area (Å²) in [4.78, 5) is 37.9. The third-order valence-electron chi connectivity index (χ3n) is 5.83. The minimum absolute atomic E-state index is 0.0372. The van der Waals surface area contributed by atoms with Crippen LogP contribution in [0.15, 0.2) is 78.9 Å². The molecular formula is C26H21ClO3. The molecule has 3 nitrogen and oxygen atoms in total. The van der Waals surface area contributed by atoms with Crippen LogP contribution in [0.25, 0.3) is 0 Å². The molecular weight excluding hydrogens is 396 g/mol. The van der Waals surface area contributed by atoms with Crippen LogP contribution in [0.5, 0.6) is 0 Å². The Hall–Kier alpha value is -3.04. The lowest BCUT2D eigenvalue weighted by atomic mass is 9.78. The molecule has 0 saturated heterocycles.